The molecule has 2 aromatic carbocycles. The van der Waals surface area contributed by atoms with E-state index in [2.05, 4.69) is 27.8 Å². The second-order valence-corrected chi connectivity index (χ2v) is 10.2. The van der Waals surface area contributed by atoms with Gasteiger partial charge in [-0.25, -0.2) is 9.78 Å². The van der Waals surface area contributed by atoms with Crippen molar-refractivity contribution in [1.82, 2.24) is 4.98 Å². The normalized spacial score (nSPS) is 16.8. The number of benzene rings is 2. The molecule has 0 radical (unpaired) electrons. The first-order valence-corrected chi connectivity index (χ1v) is 13.2. The minimum absolute atomic E-state index is 0.0700. The van der Waals surface area contributed by atoms with Crippen LogP contribution in [0.1, 0.15) is 52.3 Å². The van der Waals surface area contributed by atoms with Gasteiger partial charge in [0.2, 0.25) is 0 Å². The third kappa shape index (κ3) is 5.30. The second kappa shape index (κ2) is 11.3. The van der Waals surface area contributed by atoms with Crippen molar-refractivity contribution >= 4 is 55.8 Å². The van der Waals surface area contributed by atoms with Crippen molar-refractivity contribution in [2.45, 2.75) is 32.7 Å². The molecule has 0 saturated carbocycles. The summed E-state index contributed by atoms with van der Waals surface area (Å²) in [4.78, 5) is 44.7. The highest BCUT2D eigenvalue weighted by molar-refractivity contribution is 9.10. The number of esters is 1. The summed E-state index contributed by atoms with van der Waals surface area (Å²) in [5, 5.41) is 11.4. The van der Waals surface area contributed by atoms with Crippen LogP contribution < -0.4 is 9.64 Å². The number of aliphatic hydroxyl groups excluding tert-OH is 1. The van der Waals surface area contributed by atoms with Crippen molar-refractivity contribution in [3.63, 3.8) is 0 Å². The molecule has 2 heterocycles. The van der Waals surface area contributed by atoms with Crippen LogP contribution in [0.2, 0.25) is 0 Å². The predicted molar refractivity (Wildman–Crippen MR) is 144 cm³/mol. The van der Waals surface area contributed by atoms with E-state index in [1.165, 1.54) is 12.0 Å². The average Bonchev–Trinajstić information content (AvgIpc) is 3.40. The van der Waals surface area contributed by atoms with Crippen LogP contribution in [0.5, 0.6) is 5.75 Å². The molecule has 1 aliphatic rings. The topological polar surface area (TPSA) is 106 Å². The largest absolute Gasteiger partial charge is 0.507 e. The lowest BCUT2D eigenvalue weighted by Gasteiger charge is -2.23. The highest BCUT2D eigenvalue weighted by Crippen LogP contribution is 2.44. The number of nitrogens with zero attached hydrogens (tertiary/aromatic N) is 2. The van der Waals surface area contributed by atoms with E-state index in [9.17, 15) is 19.5 Å². The number of rotatable bonds is 8. The Kier molecular flexibility index (Phi) is 8.09. The van der Waals surface area contributed by atoms with Gasteiger partial charge >= 0.3 is 11.9 Å². The maximum atomic E-state index is 13.3. The number of anilines is 1. The number of Topliss-reactive ketones (excluding diaryl/α,β-unsaturated/α-hetero) is 1. The zero-order valence-corrected chi connectivity index (χ0v) is 22.9. The molecule has 1 fully saturated rings. The molecule has 0 spiro atoms. The number of halogens is 1. The maximum absolute atomic E-state index is 13.3. The molecule has 1 atom stereocenters. The Hall–Kier alpha value is -3.50. The van der Waals surface area contributed by atoms with E-state index in [0.29, 0.717) is 29.2 Å². The fourth-order valence-corrected chi connectivity index (χ4v) is 5.23. The number of ether oxygens (including phenoxy) is 2. The summed E-state index contributed by atoms with van der Waals surface area (Å²) in [7, 11) is 1.26. The van der Waals surface area contributed by atoms with E-state index >= 15 is 0 Å². The van der Waals surface area contributed by atoms with Crippen LogP contribution >= 0.6 is 27.3 Å². The summed E-state index contributed by atoms with van der Waals surface area (Å²) >= 11 is 4.36. The number of thiazole rings is 1. The number of carbonyl (C=O) groups excluding carboxylic acids is 3. The Morgan fingerprint density at radius 1 is 1.14 bits per heavy atom. The number of methoxy groups -OCH3 is 1. The number of aromatic nitrogens is 1. The zero-order chi connectivity index (χ0) is 26.7. The van der Waals surface area contributed by atoms with E-state index in [-0.39, 0.29) is 21.3 Å². The van der Waals surface area contributed by atoms with Crippen molar-refractivity contribution in [1.29, 1.82) is 0 Å². The second-order valence-electron chi connectivity index (χ2n) is 8.35. The van der Waals surface area contributed by atoms with Crippen molar-refractivity contribution in [2.24, 2.45) is 0 Å². The average molecular weight is 585 g/mol. The lowest BCUT2D eigenvalue weighted by Crippen LogP contribution is -2.29. The molecule has 192 valence electrons. The van der Waals surface area contributed by atoms with Crippen molar-refractivity contribution < 1.29 is 29.0 Å². The molecule has 1 aliphatic heterocycles. The Balaban J connectivity index is 1.81. The molecule has 1 N–H and O–H groups in total. The number of hydrogen-bond acceptors (Lipinski definition) is 8. The lowest BCUT2D eigenvalue weighted by atomic mass is 9.95. The molecule has 4 rings (SSSR count). The van der Waals surface area contributed by atoms with Gasteiger partial charge in [-0.15, -0.1) is 0 Å². The molecule has 3 aromatic rings. The van der Waals surface area contributed by atoms with Crippen molar-refractivity contribution in [3.05, 3.63) is 80.3 Å². The standard InChI is InChI=1S/C27H25BrN2O6S/c1-4-5-14-36-19-12-8-17(9-13-19)22(31)20-21(16-6-10-18(28)11-7-16)30(25(33)23(20)32)27-29-15(2)24(37-27)26(34)35-3/h6-13,21,31H,4-5,14H2,1-3H3/t21-/m0/s1. The summed E-state index contributed by atoms with van der Waals surface area (Å²) in [5.74, 6) is -1.95. The molecular formula is C27H25BrN2O6S. The van der Waals surface area contributed by atoms with E-state index < -0.39 is 23.7 Å². The van der Waals surface area contributed by atoms with Crippen LogP contribution in [0.25, 0.3) is 5.76 Å². The lowest BCUT2D eigenvalue weighted by molar-refractivity contribution is -0.132. The number of aliphatic hydroxyl groups is 1. The Labute approximate surface area is 226 Å². The summed E-state index contributed by atoms with van der Waals surface area (Å²) in [6, 6.07) is 12.8. The van der Waals surface area contributed by atoms with Crippen LogP contribution in [0.15, 0.2) is 58.6 Å². The molecule has 0 bridgehead atoms. The number of ketones is 1. The zero-order valence-electron chi connectivity index (χ0n) is 20.5. The molecule has 37 heavy (non-hydrogen) atoms. The highest BCUT2D eigenvalue weighted by Gasteiger charge is 2.48. The first kappa shape index (κ1) is 26.6. The van der Waals surface area contributed by atoms with Crippen molar-refractivity contribution in [3.8, 4) is 5.75 Å². The molecule has 8 nitrogen and oxygen atoms in total. The van der Waals surface area contributed by atoms with Gasteiger partial charge in [-0.2, -0.15) is 0 Å². The third-order valence-electron chi connectivity index (χ3n) is 5.89. The van der Waals surface area contributed by atoms with E-state index in [1.54, 1.807) is 55.5 Å². The number of hydrogen-bond donors (Lipinski definition) is 1. The van der Waals surface area contributed by atoms with E-state index in [1.807, 2.05) is 0 Å². The quantitative estimate of drug-likeness (QED) is 0.117. The smallest absolute Gasteiger partial charge is 0.350 e. The van der Waals surface area contributed by atoms with E-state index in [4.69, 9.17) is 9.47 Å². The van der Waals surface area contributed by atoms with Gasteiger partial charge in [-0.3, -0.25) is 14.5 Å². The maximum Gasteiger partial charge on any atom is 0.350 e. The van der Waals surface area contributed by atoms with Crippen LogP contribution in [-0.2, 0) is 14.3 Å². The number of aryl methyl sites for hydroxylation is 1. The fraction of sp³-hybridized carbons (Fsp3) is 0.259. The van der Waals surface area contributed by atoms with Crippen LogP contribution in [-0.4, -0.2) is 41.5 Å². The predicted octanol–water partition coefficient (Wildman–Crippen LogP) is 5.81. The summed E-state index contributed by atoms with van der Waals surface area (Å²) in [6.07, 6.45) is 1.93. The van der Waals surface area contributed by atoms with Gasteiger partial charge in [0, 0.05) is 10.0 Å². The summed E-state index contributed by atoms with van der Waals surface area (Å²) < 4.78 is 11.3. The Morgan fingerprint density at radius 2 is 1.81 bits per heavy atom. The van der Waals surface area contributed by atoms with Crippen LogP contribution in [0, 0.1) is 6.92 Å². The monoisotopic (exact) mass is 584 g/mol. The molecule has 0 aliphatic carbocycles. The first-order valence-electron chi connectivity index (χ1n) is 11.6. The van der Waals surface area contributed by atoms with Gasteiger partial charge in [-0.1, -0.05) is 52.7 Å². The minimum Gasteiger partial charge on any atom is -0.507 e. The van der Waals surface area contributed by atoms with Crippen LogP contribution in [0.3, 0.4) is 0 Å². The fourth-order valence-electron chi connectivity index (χ4n) is 3.96. The van der Waals surface area contributed by atoms with Gasteiger partial charge in [0.25, 0.3) is 5.78 Å². The SMILES string of the molecule is CCCCOc1ccc(C(O)=C2C(=O)C(=O)N(c3nc(C)c(C(=O)OC)s3)[C@H]2c2ccc(Br)cc2)cc1. The molecular weight excluding hydrogens is 560 g/mol. The molecule has 1 saturated heterocycles. The number of carbonyl (C=O) groups is 3. The molecule has 1 amide bonds. The summed E-state index contributed by atoms with van der Waals surface area (Å²) in [6.45, 7) is 4.28. The Bertz CT molecular complexity index is 1360. The van der Waals surface area contributed by atoms with Gasteiger partial charge in [-0.05, 0) is 55.3 Å². The Morgan fingerprint density at radius 3 is 2.43 bits per heavy atom. The van der Waals surface area contributed by atoms with E-state index in [0.717, 1.165) is 28.7 Å². The van der Waals surface area contributed by atoms with Gasteiger partial charge in [0.05, 0.1) is 31.0 Å². The number of unbranched alkanes of at least 4 members (excludes halogenated alkanes) is 1. The van der Waals surface area contributed by atoms with Gasteiger partial charge in [0.15, 0.2) is 5.13 Å². The molecule has 10 heteroatoms. The van der Waals surface area contributed by atoms with Gasteiger partial charge < -0.3 is 14.6 Å². The van der Waals surface area contributed by atoms with Gasteiger partial charge in [0.1, 0.15) is 16.4 Å². The van der Waals surface area contributed by atoms with Crippen LogP contribution in [0.4, 0.5) is 5.13 Å². The minimum atomic E-state index is -0.954. The first-order chi connectivity index (χ1) is 17.8. The molecule has 0 unspecified atom stereocenters. The third-order valence-corrected chi connectivity index (χ3v) is 7.55. The highest BCUT2D eigenvalue weighted by atomic mass is 79.9. The van der Waals surface area contributed by atoms with Crippen molar-refractivity contribution in [2.75, 3.05) is 18.6 Å². The molecule has 1 aromatic heterocycles. The summed E-state index contributed by atoms with van der Waals surface area (Å²) in [5.41, 5.74) is 1.27. The number of amides is 1.